The molecule has 0 aliphatic heterocycles. The summed E-state index contributed by atoms with van der Waals surface area (Å²) in [5, 5.41) is 8.78. The number of rotatable bonds is 8. The number of hydrogen-bond acceptors (Lipinski definition) is 5. The molecule has 0 aliphatic carbocycles. The van der Waals surface area contributed by atoms with Crippen LogP contribution in [-0.4, -0.2) is 26.4 Å². The van der Waals surface area contributed by atoms with E-state index in [0.717, 1.165) is 5.75 Å². The maximum absolute atomic E-state index is 10.9. The molecule has 1 amide bonds. The van der Waals surface area contributed by atoms with Gasteiger partial charge in [0, 0.05) is 6.54 Å². The SMILES string of the molecule is C=CCn1c(COc2ccccc2)nnc1SCC(N)=O. The Balaban J connectivity index is 2.07. The van der Waals surface area contributed by atoms with Gasteiger partial charge in [-0.25, -0.2) is 0 Å². The smallest absolute Gasteiger partial charge is 0.227 e. The molecule has 2 rings (SSSR count). The summed E-state index contributed by atoms with van der Waals surface area (Å²) in [5.74, 6) is 1.20. The first-order chi connectivity index (χ1) is 10.2. The van der Waals surface area contributed by atoms with Crippen LogP contribution in [0.4, 0.5) is 0 Å². The van der Waals surface area contributed by atoms with Crippen molar-refractivity contribution >= 4 is 17.7 Å². The van der Waals surface area contributed by atoms with Crippen molar-refractivity contribution in [1.82, 2.24) is 14.8 Å². The van der Waals surface area contributed by atoms with Gasteiger partial charge in [0.2, 0.25) is 5.91 Å². The van der Waals surface area contributed by atoms with E-state index in [4.69, 9.17) is 10.5 Å². The topological polar surface area (TPSA) is 83.0 Å². The molecule has 0 aliphatic rings. The third-order valence-corrected chi connectivity index (χ3v) is 3.55. The molecule has 0 fully saturated rings. The highest BCUT2D eigenvalue weighted by Gasteiger charge is 2.13. The number of para-hydroxylation sites is 1. The van der Waals surface area contributed by atoms with E-state index in [2.05, 4.69) is 16.8 Å². The molecule has 0 unspecified atom stereocenters. The Hall–Kier alpha value is -2.28. The minimum atomic E-state index is -0.393. The zero-order chi connectivity index (χ0) is 15.1. The van der Waals surface area contributed by atoms with Gasteiger partial charge in [0.1, 0.15) is 12.4 Å². The summed E-state index contributed by atoms with van der Waals surface area (Å²) in [6.45, 7) is 4.55. The highest BCUT2D eigenvalue weighted by Crippen LogP contribution is 2.18. The largest absolute Gasteiger partial charge is 0.486 e. The molecular weight excluding hydrogens is 288 g/mol. The number of nitrogens with zero attached hydrogens (tertiary/aromatic N) is 3. The van der Waals surface area contributed by atoms with Gasteiger partial charge >= 0.3 is 0 Å². The van der Waals surface area contributed by atoms with Crippen LogP contribution < -0.4 is 10.5 Å². The number of allylic oxidation sites excluding steroid dienone is 1. The van der Waals surface area contributed by atoms with E-state index in [-0.39, 0.29) is 5.75 Å². The molecule has 2 N–H and O–H groups in total. The third kappa shape index (κ3) is 4.35. The molecule has 0 saturated carbocycles. The van der Waals surface area contributed by atoms with E-state index in [1.54, 1.807) is 6.08 Å². The first-order valence-electron chi connectivity index (χ1n) is 6.32. The third-order valence-electron chi connectivity index (χ3n) is 2.56. The predicted molar refractivity (Wildman–Crippen MR) is 80.9 cm³/mol. The Labute approximate surface area is 127 Å². The second kappa shape index (κ2) is 7.49. The van der Waals surface area contributed by atoms with Crippen LogP contribution in [-0.2, 0) is 17.9 Å². The zero-order valence-electron chi connectivity index (χ0n) is 11.4. The normalized spacial score (nSPS) is 10.3. The lowest BCUT2D eigenvalue weighted by atomic mass is 10.3. The molecule has 7 heteroatoms. The minimum Gasteiger partial charge on any atom is -0.486 e. The predicted octanol–water partition coefficient (Wildman–Crippen LogP) is 1.62. The Bertz CT molecular complexity index is 613. The maximum atomic E-state index is 10.9. The lowest BCUT2D eigenvalue weighted by Gasteiger charge is -2.08. The van der Waals surface area contributed by atoms with Crippen molar-refractivity contribution in [2.45, 2.75) is 18.3 Å². The average molecular weight is 304 g/mol. The summed E-state index contributed by atoms with van der Waals surface area (Å²) in [6.07, 6.45) is 1.74. The number of aromatic nitrogens is 3. The van der Waals surface area contributed by atoms with Crippen molar-refractivity contribution in [2.75, 3.05) is 5.75 Å². The Morgan fingerprint density at radius 3 is 2.81 bits per heavy atom. The first-order valence-corrected chi connectivity index (χ1v) is 7.31. The molecule has 0 spiro atoms. The van der Waals surface area contributed by atoms with Gasteiger partial charge < -0.3 is 10.5 Å². The van der Waals surface area contributed by atoms with Crippen LogP contribution >= 0.6 is 11.8 Å². The van der Waals surface area contributed by atoms with E-state index in [9.17, 15) is 4.79 Å². The van der Waals surface area contributed by atoms with Crippen molar-refractivity contribution in [1.29, 1.82) is 0 Å². The van der Waals surface area contributed by atoms with Gasteiger partial charge in [-0.3, -0.25) is 9.36 Å². The van der Waals surface area contributed by atoms with E-state index in [1.165, 1.54) is 11.8 Å². The lowest BCUT2D eigenvalue weighted by Crippen LogP contribution is -2.14. The number of ether oxygens (including phenoxy) is 1. The van der Waals surface area contributed by atoms with E-state index in [1.807, 2.05) is 34.9 Å². The summed E-state index contributed by atoms with van der Waals surface area (Å²) in [6, 6.07) is 9.47. The Kier molecular flexibility index (Phi) is 5.39. The van der Waals surface area contributed by atoms with Crippen LogP contribution in [0.3, 0.4) is 0 Å². The van der Waals surface area contributed by atoms with Crippen LogP contribution in [0, 0.1) is 0 Å². The molecule has 21 heavy (non-hydrogen) atoms. The molecule has 1 aromatic carbocycles. The van der Waals surface area contributed by atoms with Crippen molar-refractivity contribution in [3.05, 3.63) is 48.8 Å². The molecule has 6 nitrogen and oxygen atoms in total. The van der Waals surface area contributed by atoms with Gasteiger partial charge in [0.15, 0.2) is 11.0 Å². The van der Waals surface area contributed by atoms with E-state index in [0.29, 0.717) is 24.1 Å². The molecule has 1 heterocycles. The average Bonchev–Trinajstić information content (AvgIpc) is 2.87. The Morgan fingerprint density at radius 1 is 1.38 bits per heavy atom. The summed E-state index contributed by atoms with van der Waals surface area (Å²) in [4.78, 5) is 10.9. The van der Waals surface area contributed by atoms with Crippen LogP contribution in [0.2, 0.25) is 0 Å². The lowest BCUT2D eigenvalue weighted by molar-refractivity contribution is -0.115. The fraction of sp³-hybridized carbons (Fsp3) is 0.214. The van der Waals surface area contributed by atoms with Crippen molar-refractivity contribution < 1.29 is 9.53 Å². The fourth-order valence-electron chi connectivity index (χ4n) is 1.65. The highest BCUT2D eigenvalue weighted by atomic mass is 32.2. The molecular formula is C14H16N4O2S. The number of hydrogen-bond donors (Lipinski definition) is 1. The fourth-order valence-corrected chi connectivity index (χ4v) is 2.35. The maximum Gasteiger partial charge on any atom is 0.227 e. The molecule has 0 saturated heterocycles. The van der Waals surface area contributed by atoms with Crippen LogP contribution in [0.25, 0.3) is 0 Å². The molecule has 0 atom stereocenters. The number of nitrogens with two attached hydrogens (primary N) is 1. The quantitative estimate of drug-likeness (QED) is 0.592. The second-order valence-electron chi connectivity index (χ2n) is 4.15. The molecule has 2 aromatic rings. The highest BCUT2D eigenvalue weighted by molar-refractivity contribution is 7.99. The summed E-state index contributed by atoms with van der Waals surface area (Å²) >= 11 is 1.25. The zero-order valence-corrected chi connectivity index (χ0v) is 12.3. The summed E-state index contributed by atoms with van der Waals surface area (Å²) < 4.78 is 7.51. The molecule has 0 bridgehead atoms. The van der Waals surface area contributed by atoms with E-state index < -0.39 is 5.91 Å². The number of carbonyl (C=O) groups excluding carboxylic acids is 1. The number of thioether (sulfide) groups is 1. The van der Waals surface area contributed by atoms with Gasteiger partial charge in [0.05, 0.1) is 5.75 Å². The van der Waals surface area contributed by atoms with Gasteiger partial charge in [-0.1, -0.05) is 36.0 Å². The van der Waals surface area contributed by atoms with Gasteiger partial charge in [-0.15, -0.1) is 16.8 Å². The van der Waals surface area contributed by atoms with Crippen LogP contribution in [0.15, 0.2) is 48.1 Å². The summed E-state index contributed by atoms with van der Waals surface area (Å²) in [5.41, 5.74) is 5.14. The number of carbonyl (C=O) groups is 1. The minimum absolute atomic E-state index is 0.162. The first kappa shape index (κ1) is 15.1. The van der Waals surface area contributed by atoms with Crippen molar-refractivity contribution in [3.63, 3.8) is 0 Å². The number of amides is 1. The second-order valence-corrected chi connectivity index (χ2v) is 5.10. The standard InChI is InChI=1S/C14H16N4O2S/c1-2-8-18-13(9-20-11-6-4-3-5-7-11)16-17-14(18)21-10-12(15)19/h2-7H,1,8-10H2,(H2,15,19). The molecule has 1 aromatic heterocycles. The van der Waals surface area contributed by atoms with Gasteiger partial charge in [-0.2, -0.15) is 0 Å². The van der Waals surface area contributed by atoms with E-state index >= 15 is 0 Å². The summed E-state index contributed by atoms with van der Waals surface area (Å²) in [7, 11) is 0. The molecule has 110 valence electrons. The van der Waals surface area contributed by atoms with Gasteiger partial charge in [0.25, 0.3) is 0 Å². The van der Waals surface area contributed by atoms with Crippen LogP contribution in [0.1, 0.15) is 5.82 Å². The monoisotopic (exact) mass is 304 g/mol. The van der Waals surface area contributed by atoms with Gasteiger partial charge in [-0.05, 0) is 12.1 Å². The number of primary amides is 1. The van der Waals surface area contributed by atoms with Crippen LogP contribution in [0.5, 0.6) is 5.75 Å². The van der Waals surface area contributed by atoms with Crippen molar-refractivity contribution in [2.24, 2.45) is 5.73 Å². The van der Waals surface area contributed by atoms with Crippen molar-refractivity contribution in [3.8, 4) is 5.75 Å². The Morgan fingerprint density at radius 2 is 2.14 bits per heavy atom. The molecule has 0 radical (unpaired) electrons. The number of benzene rings is 1.